The van der Waals surface area contributed by atoms with E-state index in [2.05, 4.69) is 0 Å². The van der Waals surface area contributed by atoms with Crippen LogP contribution >= 0.6 is 0 Å². The summed E-state index contributed by atoms with van der Waals surface area (Å²) >= 11 is 0. The Hall–Kier alpha value is -1.11. The van der Waals surface area contributed by atoms with Gasteiger partial charge in [-0.3, -0.25) is 9.59 Å². The van der Waals surface area contributed by atoms with Crippen LogP contribution in [0.25, 0.3) is 0 Å². The first-order valence-corrected chi connectivity index (χ1v) is 6.54. The normalized spacial score (nSPS) is 13.2. The van der Waals surface area contributed by atoms with Crippen molar-refractivity contribution < 1.29 is 23.1 Å². The van der Waals surface area contributed by atoms with Gasteiger partial charge in [0.1, 0.15) is 0 Å². The molecule has 6 nitrogen and oxygen atoms in total. The minimum atomic E-state index is -3.65. The van der Waals surface area contributed by atoms with Crippen LogP contribution in [0.3, 0.4) is 0 Å². The number of carboxylic acids is 1. The molecule has 1 N–H and O–H groups in total. The third-order valence-corrected chi connectivity index (χ3v) is 4.34. The summed E-state index contributed by atoms with van der Waals surface area (Å²) in [6.07, 6.45) is 0.259. The highest BCUT2D eigenvalue weighted by molar-refractivity contribution is 7.92. The van der Waals surface area contributed by atoms with Crippen LogP contribution in [-0.4, -0.2) is 55.4 Å². The molecule has 0 spiro atoms. The largest absolute Gasteiger partial charge is 0.480 e. The Labute approximate surface area is 95.2 Å². The van der Waals surface area contributed by atoms with Crippen LogP contribution in [0.1, 0.15) is 19.8 Å². The first kappa shape index (κ1) is 14.9. The van der Waals surface area contributed by atoms with E-state index in [0.717, 1.165) is 6.92 Å². The fourth-order valence-electron chi connectivity index (χ4n) is 0.979. The van der Waals surface area contributed by atoms with Crippen LogP contribution in [0.4, 0.5) is 0 Å². The minimum Gasteiger partial charge on any atom is -0.480 e. The van der Waals surface area contributed by atoms with E-state index in [1.807, 2.05) is 0 Å². The molecular weight excluding hydrogens is 234 g/mol. The molecule has 0 saturated heterocycles. The summed E-state index contributed by atoms with van der Waals surface area (Å²) in [5.74, 6) is -1.81. The monoisotopic (exact) mass is 251 g/mol. The van der Waals surface area contributed by atoms with Gasteiger partial charge in [-0.1, -0.05) is 0 Å². The summed E-state index contributed by atoms with van der Waals surface area (Å²) < 4.78 is 22.8. The van der Waals surface area contributed by atoms with E-state index in [1.165, 1.54) is 4.90 Å². The summed E-state index contributed by atoms with van der Waals surface area (Å²) in [6.45, 7) is 1.13. The van der Waals surface area contributed by atoms with Crippen molar-refractivity contribution in [3.8, 4) is 0 Å². The quantitative estimate of drug-likeness (QED) is 0.702. The number of rotatable bonds is 6. The predicted octanol–water partition coefficient (Wildman–Crippen LogP) is -0.257. The molecule has 0 bridgehead atoms. The fourth-order valence-corrected chi connectivity index (χ4v) is 2.19. The molecule has 16 heavy (non-hydrogen) atoms. The number of carbonyl (C=O) groups is 2. The Balaban J connectivity index is 4.22. The van der Waals surface area contributed by atoms with Crippen LogP contribution in [0, 0.1) is 0 Å². The third kappa shape index (κ3) is 4.61. The molecule has 1 unspecified atom stereocenters. The van der Waals surface area contributed by atoms with Crippen molar-refractivity contribution in [2.24, 2.45) is 0 Å². The van der Waals surface area contributed by atoms with Crippen molar-refractivity contribution in [3.63, 3.8) is 0 Å². The smallest absolute Gasteiger partial charge is 0.321 e. The van der Waals surface area contributed by atoms with E-state index in [9.17, 15) is 18.0 Å². The molecule has 94 valence electrons. The Bertz CT molecular complexity index is 360. The zero-order chi connectivity index (χ0) is 12.9. The average Bonchev–Trinajstić information content (AvgIpc) is 2.15. The summed E-state index contributed by atoms with van der Waals surface area (Å²) in [5.41, 5.74) is 0. The van der Waals surface area contributed by atoms with Crippen LogP contribution in [0.5, 0.6) is 0 Å². The number of aliphatic carboxylic acids is 1. The maximum atomic E-state index is 11.4. The third-order valence-electron chi connectivity index (χ3n) is 2.20. The molecule has 1 amide bonds. The van der Waals surface area contributed by atoms with Gasteiger partial charge in [-0.2, -0.15) is 0 Å². The molecule has 0 aliphatic carbocycles. The van der Waals surface area contributed by atoms with Gasteiger partial charge in [-0.15, -0.1) is 0 Å². The van der Waals surface area contributed by atoms with Crippen molar-refractivity contribution in [2.75, 3.05) is 19.8 Å². The Kier molecular flexibility index (Phi) is 5.43. The molecular formula is C9H17NO5S. The average molecular weight is 251 g/mol. The van der Waals surface area contributed by atoms with Crippen molar-refractivity contribution in [1.29, 1.82) is 0 Å². The number of carboxylic acid groups (broad SMARTS) is 1. The highest BCUT2D eigenvalue weighted by atomic mass is 32.2. The lowest BCUT2D eigenvalue weighted by Crippen LogP contribution is -2.30. The lowest BCUT2D eigenvalue weighted by molar-refractivity contribution is -0.136. The predicted molar refractivity (Wildman–Crippen MR) is 58.8 cm³/mol. The van der Waals surface area contributed by atoms with E-state index in [0.29, 0.717) is 0 Å². The molecule has 0 aromatic carbocycles. The van der Waals surface area contributed by atoms with Gasteiger partial charge in [0.25, 0.3) is 0 Å². The molecule has 0 rings (SSSR count). The molecule has 0 heterocycles. The maximum Gasteiger partial charge on any atom is 0.321 e. The lowest BCUT2D eigenvalue weighted by atomic mass is 10.3. The van der Waals surface area contributed by atoms with Gasteiger partial charge < -0.3 is 10.0 Å². The van der Waals surface area contributed by atoms with Crippen LogP contribution in [-0.2, 0) is 19.4 Å². The number of hydrogen-bond acceptors (Lipinski definition) is 4. The molecule has 0 aromatic heterocycles. The SMILES string of the molecule is CC(C(=O)O)S(=O)(=O)CCCC(=O)N(C)C. The summed E-state index contributed by atoms with van der Waals surface area (Å²) in [5, 5.41) is 7.15. The molecule has 0 saturated carbocycles. The zero-order valence-corrected chi connectivity index (χ0v) is 10.5. The first-order chi connectivity index (χ1) is 7.18. The van der Waals surface area contributed by atoms with Crippen molar-refractivity contribution in [2.45, 2.75) is 25.0 Å². The van der Waals surface area contributed by atoms with Gasteiger partial charge >= 0.3 is 5.97 Å². The number of nitrogens with zero attached hydrogens (tertiary/aromatic N) is 1. The summed E-state index contributed by atoms with van der Waals surface area (Å²) in [4.78, 5) is 23.0. The van der Waals surface area contributed by atoms with Gasteiger partial charge in [0.2, 0.25) is 5.91 Å². The lowest BCUT2D eigenvalue weighted by Gasteiger charge is -2.11. The van der Waals surface area contributed by atoms with Gasteiger partial charge in [0, 0.05) is 20.5 Å². The van der Waals surface area contributed by atoms with Gasteiger partial charge in [0.05, 0.1) is 5.75 Å². The highest BCUT2D eigenvalue weighted by Crippen LogP contribution is 2.06. The fraction of sp³-hybridized carbons (Fsp3) is 0.778. The van der Waals surface area contributed by atoms with Crippen molar-refractivity contribution in [1.82, 2.24) is 4.90 Å². The zero-order valence-electron chi connectivity index (χ0n) is 9.63. The Morgan fingerprint density at radius 1 is 1.31 bits per heavy atom. The molecule has 7 heteroatoms. The van der Waals surface area contributed by atoms with Gasteiger partial charge in [-0.25, -0.2) is 8.42 Å². The number of sulfone groups is 1. The number of hydrogen-bond donors (Lipinski definition) is 1. The highest BCUT2D eigenvalue weighted by Gasteiger charge is 2.27. The van der Waals surface area contributed by atoms with Crippen molar-refractivity contribution >= 4 is 21.7 Å². The number of carbonyl (C=O) groups excluding carboxylic acids is 1. The van der Waals surface area contributed by atoms with Crippen LogP contribution in [0.2, 0.25) is 0 Å². The van der Waals surface area contributed by atoms with Crippen LogP contribution < -0.4 is 0 Å². The van der Waals surface area contributed by atoms with E-state index in [4.69, 9.17) is 5.11 Å². The van der Waals surface area contributed by atoms with E-state index >= 15 is 0 Å². The standard InChI is InChI=1S/C9H17NO5S/c1-7(9(12)13)16(14,15)6-4-5-8(11)10(2)3/h7H,4-6H2,1-3H3,(H,12,13). The number of amides is 1. The second-order valence-electron chi connectivity index (χ2n) is 3.74. The van der Waals surface area contributed by atoms with Crippen LogP contribution in [0.15, 0.2) is 0 Å². The van der Waals surface area contributed by atoms with Gasteiger partial charge in [-0.05, 0) is 13.3 Å². The maximum absolute atomic E-state index is 11.4. The molecule has 1 atom stereocenters. The van der Waals surface area contributed by atoms with E-state index < -0.39 is 21.1 Å². The molecule has 0 fully saturated rings. The Morgan fingerprint density at radius 2 is 1.81 bits per heavy atom. The summed E-state index contributed by atoms with van der Waals surface area (Å²) in [7, 11) is -0.491. The van der Waals surface area contributed by atoms with Crippen molar-refractivity contribution in [3.05, 3.63) is 0 Å². The first-order valence-electron chi connectivity index (χ1n) is 4.83. The topological polar surface area (TPSA) is 91.7 Å². The summed E-state index contributed by atoms with van der Waals surface area (Å²) in [6, 6.07) is 0. The minimum absolute atomic E-state index is 0.110. The second kappa shape index (κ2) is 5.83. The molecule has 0 aliphatic heterocycles. The molecule has 0 radical (unpaired) electrons. The van der Waals surface area contributed by atoms with Gasteiger partial charge in [0.15, 0.2) is 15.1 Å². The molecule has 0 aliphatic rings. The van der Waals surface area contributed by atoms with E-state index in [1.54, 1.807) is 14.1 Å². The second-order valence-corrected chi connectivity index (χ2v) is 6.18. The molecule has 0 aromatic rings. The van der Waals surface area contributed by atoms with E-state index in [-0.39, 0.29) is 24.5 Å². The Morgan fingerprint density at radius 3 is 2.19 bits per heavy atom.